The Morgan fingerprint density at radius 2 is 1.25 bits per heavy atom. The standard InChI is InChI=1S/C31H34N2O3/c34-30-24-8-14-26(15-9-24)32(30)20-1-21-36-29-18-6-23(7-19-29)3-2-22-4-12-27(13-5-22)33-28-16-10-25(11-17-28)31(33)35/h4-7,12-13,18-19,24-26,28H,1,8-11,14-17,20-21H2. The highest BCUT2D eigenvalue weighted by atomic mass is 16.5. The Morgan fingerprint density at radius 1 is 0.694 bits per heavy atom. The molecule has 2 aliphatic carbocycles. The van der Waals surface area contributed by atoms with E-state index < -0.39 is 0 Å². The van der Waals surface area contributed by atoms with Crippen molar-refractivity contribution in [2.24, 2.45) is 11.8 Å². The SMILES string of the molecule is O=C1C2CCC(CC2)N1CCCOc1ccc(C#Cc2ccc(N3C(=O)C4CCC3CC4)cc2)cc1. The lowest BCUT2D eigenvalue weighted by atomic mass is 9.79. The minimum atomic E-state index is 0.218. The highest BCUT2D eigenvalue weighted by Gasteiger charge is 2.41. The number of anilines is 1. The van der Waals surface area contributed by atoms with Gasteiger partial charge in [0.25, 0.3) is 0 Å². The maximum absolute atomic E-state index is 12.7. The first-order chi connectivity index (χ1) is 17.7. The fourth-order valence-electron chi connectivity index (χ4n) is 6.55. The summed E-state index contributed by atoms with van der Waals surface area (Å²) < 4.78 is 5.91. The number of benzene rings is 2. The maximum Gasteiger partial charge on any atom is 0.230 e. The van der Waals surface area contributed by atoms with Gasteiger partial charge in [0.05, 0.1) is 6.61 Å². The number of fused-ring (bicyclic) bond motifs is 6. The van der Waals surface area contributed by atoms with Crippen LogP contribution >= 0.6 is 0 Å². The Bertz CT molecular complexity index is 1160. The molecular weight excluding hydrogens is 448 g/mol. The third kappa shape index (κ3) is 4.62. The highest BCUT2D eigenvalue weighted by molar-refractivity contribution is 5.97. The number of carbonyl (C=O) groups is 2. The molecule has 6 fully saturated rings. The van der Waals surface area contributed by atoms with E-state index in [1.807, 2.05) is 53.4 Å². The molecule has 2 aromatic rings. The first-order valence-corrected chi connectivity index (χ1v) is 13.6. The molecule has 186 valence electrons. The van der Waals surface area contributed by atoms with Crippen molar-refractivity contribution in [3.8, 4) is 17.6 Å². The van der Waals surface area contributed by atoms with Crippen LogP contribution in [0.15, 0.2) is 48.5 Å². The van der Waals surface area contributed by atoms with Gasteiger partial charge >= 0.3 is 0 Å². The molecule has 0 radical (unpaired) electrons. The van der Waals surface area contributed by atoms with E-state index in [9.17, 15) is 9.59 Å². The van der Waals surface area contributed by atoms with Gasteiger partial charge in [0.2, 0.25) is 11.8 Å². The molecule has 6 aliphatic rings. The predicted octanol–water partition coefficient (Wildman–Crippen LogP) is 5.16. The molecule has 5 nitrogen and oxygen atoms in total. The van der Waals surface area contributed by atoms with Gasteiger partial charge in [0.1, 0.15) is 5.75 Å². The van der Waals surface area contributed by atoms with Gasteiger partial charge in [-0.1, -0.05) is 11.8 Å². The average Bonchev–Trinajstić information content (AvgIpc) is 2.93. The van der Waals surface area contributed by atoms with E-state index >= 15 is 0 Å². The second-order valence-electron chi connectivity index (χ2n) is 10.8. The molecule has 2 amide bonds. The lowest BCUT2D eigenvalue weighted by Gasteiger charge is -2.44. The van der Waals surface area contributed by atoms with E-state index in [1.165, 1.54) is 12.8 Å². The van der Waals surface area contributed by atoms with Gasteiger partial charge in [0.15, 0.2) is 0 Å². The Balaban J connectivity index is 0.993. The molecule has 0 spiro atoms. The number of carbonyl (C=O) groups excluding carboxylic acids is 2. The fraction of sp³-hybridized carbons (Fsp3) is 0.484. The second-order valence-corrected chi connectivity index (χ2v) is 10.8. The van der Waals surface area contributed by atoms with Crippen LogP contribution in [0.25, 0.3) is 0 Å². The zero-order valence-corrected chi connectivity index (χ0v) is 20.8. The second kappa shape index (κ2) is 10.0. The van der Waals surface area contributed by atoms with Gasteiger partial charge in [0, 0.05) is 47.3 Å². The third-order valence-corrected chi connectivity index (χ3v) is 8.58. The Kier molecular flexibility index (Phi) is 6.44. The number of hydrogen-bond acceptors (Lipinski definition) is 3. The molecule has 4 bridgehead atoms. The number of hydrogen-bond donors (Lipinski definition) is 0. The predicted molar refractivity (Wildman–Crippen MR) is 140 cm³/mol. The average molecular weight is 483 g/mol. The molecule has 2 saturated carbocycles. The van der Waals surface area contributed by atoms with Crippen LogP contribution in [0.4, 0.5) is 5.69 Å². The molecule has 4 aliphatic heterocycles. The van der Waals surface area contributed by atoms with E-state index in [0.29, 0.717) is 30.5 Å². The van der Waals surface area contributed by atoms with Gasteiger partial charge in [-0.25, -0.2) is 0 Å². The Labute approximate surface area is 213 Å². The molecule has 0 unspecified atom stereocenters. The van der Waals surface area contributed by atoms with Crippen molar-refractivity contribution < 1.29 is 14.3 Å². The first-order valence-electron chi connectivity index (χ1n) is 13.6. The number of nitrogens with zero attached hydrogens (tertiary/aromatic N) is 2. The quantitative estimate of drug-likeness (QED) is 0.422. The summed E-state index contributed by atoms with van der Waals surface area (Å²) in [6.07, 6.45) is 9.70. The van der Waals surface area contributed by atoms with E-state index in [0.717, 1.165) is 74.1 Å². The Hall–Kier alpha value is -3.26. The van der Waals surface area contributed by atoms with E-state index in [-0.39, 0.29) is 11.8 Å². The van der Waals surface area contributed by atoms with Crippen LogP contribution in [0.1, 0.15) is 68.9 Å². The summed E-state index contributed by atoms with van der Waals surface area (Å²) >= 11 is 0. The van der Waals surface area contributed by atoms with Gasteiger partial charge < -0.3 is 14.5 Å². The molecular formula is C31H34N2O3. The lowest BCUT2D eigenvalue weighted by molar-refractivity contribution is -0.147. The molecule has 0 aromatic heterocycles. The minimum Gasteiger partial charge on any atom is -0.494 e. The summed E-state index contributed by atoms with van der Waals surface area (Å²) in [5, 5.41) is 0. The first kappa shape index (κ1) is 23.2. The van der Waals surface area contributed by atoms with E-state index in [4.69, 9.17) is 4.74 Å². The van der Waals surface area contributed by atoms with E-state index in [1.54, 1.807) is 0 Å². The maximum atomic E-state index is 12.7. The van der Waals surface area contributed by atoms with Crippen molar-refractivity contribution >= 4 is 17.5 Å². The van der Waals surface area contributed by atoms with Crippen LogP contribution in [0.2, 0.25) is 0 Å². The molecule has 0 N–H and O–H groups in total. The van der Waals surface area contributed by atoms with Crippen molar-refractivity contribution in [3.05, 3.63) is 59.7 Å². The van der Waals surface area contributed by atoms with Crippen LogP contribution < -0.4 is 9.64 Å². The van der Waals surface area contributed by atoms with Crippen LogP contribution in [-0.4, -0.2) is 41.9 Å². The summed E-state index contributed by atoms with van der Waals surface area (Å²) in [4.78, 5) is 29.2. The van der Waals surface area contributed by atoms with Crippen LogP contribution in [0.5, 0.6) is 5.75 Å². The van der Waals surface area contributed by atoms with Crippen LogP contribution in [0, 0.1) is 23.7 Å². The van der Waals surface area contributed by atoms with Crippen LogP contribution in [-0.2, 0) is 9.59 Å². The number of ether oxygens (including phenoxy) is 1. The normalized spacial score (nSPS) is 26.7. The zero-order chi connectivity index (χ0) is 24.5. The van der Waals surface area contributed by atoms with Crippen molar-refractivity contribution in [2.45, 2.75) is 69.9 Å². The largest absolute Gasteiger partial charge is 0.494 e. The van der Waals surface area contributed by atoms with Crippen molar-refractivity contribution in [1.82, 2.24) is 4.90 Å². The molecule has 4 saturated heterocycles. The zero-order valence-electron chi connectivity index (χ0n) is 20.8. The lowest BCUT2D eigenvalue weighted by Crippen LogP contribution is -2.52. The van der Waals surface area contributed by atoms with Crippen molar-refractivity contribution in [2.75, 3.05) is 18.1 Å². The van der Waals surface area contributed by atoms with Crippen LogP contribution in [0.3, 0.4) is 0 Å². The van der Waals surface area contributed by atoms with Gasteiger partial charge in [-0.2, -0.15) is 0 Å². The molecule has 2 aromatic carbocycles. The van der Waals surface area contributed by atoms with Gasteiger partial charge in [-0.3, -0.25) is 9.59 Å². The summed E-state index contributed by atoms with van der Waals surface area (Å²) in [5.74, 6) is 8.44. The topological polar surface area (TPSA) is 49.9 Å². The molecule has 8 rings (SSSR count). The number of piperidine rings is 4. The fourth-order valence-corrected chi connectivity index (χ4v) is 6.55. The summed E-state index contributed by atoms with van der Waals surface area (Å²) in [6, 6.07) is 16.8. The monoisotopic (exact) mass is 482 g/mol. The molecule has 36 heavy (non-hydrogen) atoms. The van der Waals surface area contributed by atoms with Crippen molar-refractivity contribution in [3.63, 3.8) is 0 Å². The minimum absolute atomic E-state index is 0.218. The smallest absolute Gasteiger partial charge is 0.230 e. The third-order valence-electron chi connectivity index (χ3n) is 8.58. The number of rotatable bonds is 6. The van der Waals surface area contributed by atoms with Gasteiger partial charge in [-0.05, 0) is 106 Å². The summed E-state index contributed by atoms with van der Waals surface area (Å²) in [7, 11) is 0. The number of amides is 2. The summed E-state index contributed by atoms with van der Waals surface area (Å²) in [5.41, 5.74) is 2.87. The van der Waals surface area contributed by atoms with E-state index in [2.05, 4.69) is 16.7 Å². The van der Waals surface area contributed by atoms with Crippen molar-refractivity contribution in [1.29, 1.82) is 0 Å². The Morgan fingerprint density at radius 3 is 1.83 bits per heavy atom. The highest BCUT2D eigenvalue weighted by Crippen LogP contribution is 2.39. The molecule has 4 heterocycles. The summed E-state index contributed by atoms with van der Waals surface area (Å²) in [6.45, 7) is 1.41. The molecule has 0 atom stereocenters. The molecule has 5 heteroatoms. The van der Waals surface area contributed by atoms with Gasteiger partial charge in [-0.15, -0.1) is 0 Å².